The van der Waals surface area contributed by atoms with E-state index in [-0.39, 0.29) is 0 Å². The lowest BCUT2D eigenvalue weighted by atomic mass is 10.0. The van der Waals surface area contributed by atoms with Crippen molar-refractivity contribution in [3.05, 3.63) is 28.5 Å². The molecule has 0 fully saturated rings. The minimum atomic E-state index is -0.701. The molecule has 12 heavy (non-hydrogen) atoms. The van der Waals surface area contributed by atoms with Gasteiger partial charge in [0.1, 0.15) is 5.15 Å². The summed E-state index contributed by atoms with van der Waals surface area (Å²) in [7, 11) is 0. The predicted octanol–water partition coefficient (Wildman–Crippen LogP) is 1.89. The fraction of sp³-hybridized carbons (Fsp3) is 0.444. The van der Waals surface area contributed by atoms with Crippen molar-refractivity contribution in [2.24, 2.45) is 0 Å². The Kier molecular flexibility index (Phi) is 1.63. The summed E-state index contributed by atoms with van der Waals surface area (Å²) in [4.78, 5) is 3.95. The van der Waals surface area contributed by atoms with E-state index in [1.807, 2.05) is 13.0 Å². The van der Waals surface area contributed by atoms with Crippen LogP contribution in [0.5, 0.6) is 0 Å². The van der Waals surface area contributed by atoms with Crippen LogP contribution in [0.4, 0.5) is 0 Å². The molecule has 0 aliphatic heterocycles. The van der Waals surface area contributed by atoms with Gasteiger partial charge in [-0.15, -0.1) is 0 Å². The van der Waals surface area contributed by atoms with E-state index in [0.29, 0.717) is 5.15 Å². The molecule has 2 rings (SSSR count). The van der Waals surface area contributed by atoms with Crippen molar-refractivity contribution in [2.75, 3.05) is 0 Å². The van der Waals surface area contributed by atoms with E-state index in [1.165, 1.54) is 0 Å². The van der Waals surface area contributed by atoms with Gasteiger partial charge in [-0.25, -0.2) is 4.98 Å². The molecular weight excluding hydrogens is 174 g/mol. The average Bonchev–Trinajstić information content (AvgIpc) is 2.27. The first-order valence-corrected chi connectivity index (χ1v) is 4.35. The smallest absolute Gasteiger partial charge is 0.129 e. The number of nitrogens with zero attached hydrogens (tertiary/aromatic N) is 1. The quantitative estimate of drug-likeness (QED) is 0.624. The second-order valence-electron chi connectivity index (χ2n) is 3.44. The molecule has 0 bridgehead atoms. The van der Waals surface area contributed by atoms with Crippen LogP contribution in [0.1, 0.15) is 24.5 Å². The van der Waals surface area contributed by atoms with Crippen LogP contribution in [0, 0.1) is 0 Å². The van der Waals surface area contributed by atoms with Crippen LogP contribution in [0.25, 0.3) is 0 Å². The molecule has 0 spiro atoms. The van der Waals surface area contributed by atoms with E-state index in [2.05, 4.69) is 4.98 Å². The molecule has 64 valence electrons. The van der Waals surface area contributed by atoms with Crippen LogP contribution in [0.3, 0.4) is 0 Å². The Labute approximate surface area is 76.2 Å². The average molecular weight is 184 g/mol. The van der Waals surface area contributed by atoms with E-state index < -0.39 is 5.60 Å². The first-order valence-electron chi connectivity index (χ1n) is 3.97. The van der Waals surface area contributed by atoms with Gasteiger partial charge in [0.05, 0.1) is 5.60 Å². The maximum atomic E-state index is 9.85. The fourth-order valence-corrected chi connectivity index (χ4v) is 1.85. The van der Waals surface area contributed by atoms with Gasteiger partial charge in [0.2, 0.25) is 0 Å². The number of fused-ring (bicyclic) bond motifs is 1. The topological polar surface area (TPSA) is 33.1 Å². The zero-order valence-corrected chi connectivity index (χ0v) is 7.60. The van der Waals surface area contributed by atoms with Gasteiger partial charge in [-0.05, 0) is 31.4 Å². The van der Waals surface area contributed by atoms with Gasteiger partial charge in [-0.2, -0.15) is 0 Å². The lowest BCUT2D eigenvalue weighted by molar-refractivity contribution is 0.0592. The van der Waals surface area contributed by atoms with E-state index in [4.69, 9.17) is 11.6 Å². The normalized spacial score (nSPS) is 27.2. The van der Waals surface area contributed by atoms with Crippen molar-refractivity contribution < 1.29 is 5.11 Å². The number of halogens is 1. The zero-order valence-electron chi connectivity index (χ0n) is 6.84. The molecule has 1 N–H and O–H groups in total. The number of hydrogen-bond donors (Lipinski definition) is 1. The summed E-state index contributed by atoms with van der Waals surface area (Å²) in [6.45, 7) is 1.81. The molecule has 2 nitrogen and oxygen atoms in total. The lowest BCUT2D eigenvalue weighted by Crippen LogP contribution is -2.16. The van der Waals surface area contributed by atoms with E-state index in [0.717, 1.165) is 24.0 Å². The third kappa shape index (κ3) is 1.11. The Morgan fingerprint density at radius 3 is 3.17 bits per heavy atom. The summed E-state index contributed by atoms with van der Waals surface area (Å²) >= 11 is 5.72. The first-order chi connectivity index (χ1) is 5.59. The Balaban J connectivity index is 2.55. The van der Waals surface area contributed by atoms with Gasteiger partial charge in [0, 0.05) is 11.8 Å². The molecule has 3 heteroatoms. The number of aromatic nitrogens is 1. The molecule has 0 amide bonds. The highest BCUT2D eigenvalue weighted by Gasteiger charge is 2.32. The standard InChI is InChI=1S/C9H10ClNO/c1-9(12)3-2-6-4-8(10)11-5-7(6)9/h4-5,12H,2-3H2,1H3. The molecule has 1 heterocycles. The van der Waals surface area contributed by atoms with Crippen molar-refractivity contribution in [3.63, 3.8) is 0 Å². The molecule has 1 aromatic heterocycles. The molecule has 0 saturated heterocycles. The minimum absolute atomic E-state index is 0.506. The summed E-state index contributed by atoms with van der Waals surface area (Å²) < 4.78 is 0. The Hall–Kier alpha value is -0.600. The summed E-state index contributed by atoms with van der Waals surface area (Å²) in [5, 5.41) is 10.4. The van der Waals surface area contributed by atoms with Crippen molar-refractivity contribution in [2.45, 2.75) is 25.4 Å². The van der Waals surface area contributed by atoms with E-state index in [9.17, 15) is 5.11 Å². The van der Waals surface area contributed by atoms with Crippen LogP contribution in [0.2, 0.25) is 5.15 Å². The lowest BCUT2D eigenvalue weighted by Gasteiger charge is -2.16. The summed E-state index contributed by atoms with van der Waals surface area (Å²) in [6.07, 6.45) is 3.33. The van der Waals surface area contributed by atoms with Crippen LogP contribution >= 0.6 is 11.6 Å². The van der Waals surface area contributed by atoms with Gasteiger partial charge in [-0.3, -0.25) is 0 Å². The number of aryl methyl sites for hydroxylation is 1. The van der Waals surface area contributed by atoms with Crippen LogP contribution in [-0.4, -0.2) is 10.1 Å². The van der Waals surface area contributed by atoms with Crippen molar-refractivity contribution in [1.82, 2.24) is 4.98 Å². The predicted molar refractivity (Wildman–Crippen MR) is 47.1 cm³/mol. The summed E-state index contributed by atoms with van der Waals surface area (Å²) in [6, 6.07) is 1.83. The zero-order chi connectivity index (χ0) is 8.77. The van der Waals surface area contributed by atoms with E-state index >= 15 is 0 Å². The maximum Gasteiger partial charge on any atom is 0.129 e. The van der Waals surface area contributed by atoms with Crippen LogP contribution < -0.4 is 0 Å². The number of rotatable bonds is 0. The highest BCUT2D eigenvalue weighted by molar-refractivity contribution is 6.29. The number of aliphatic hydroxyl groups is 1. The monoisotopic (exact) mass is 183 g/mol. The molecule has 1 aromatic rings. The van der Waals surface area contributed by atoms with Gasteiger partial charge >= 0.3 is 0 Å². The maximum absolute atomic E-state index is 9.85. The van der Waals surface area contributed by atoms with Crippen LogP contribution in [0.15, 0.2) is 12.3 Å². The SMILES string of the molecule is CC1(O)CCc2cc(Cl)ncc21. The molecule has 0 saturated carbocycles. The molecule has 0 radical (unpaired) electrons. The second kappa shape index (κ2) is 2.44. The number of hydrogen-bond acceptors (Lipinski definition) is 2. The number of pyridine rings is 1. The van der Waals surface area contributed by atoms with Crippen molar-refractivity contribution in [1.29, 1.82) is 0 Å². The third-order valence-electron chi connectivity index (χ3n) is 2.42. The Morgan fingerprint density at radius 1 is 1.67 bits per heavy atom. The van der Waals surface area contributed by atoms with Crippen LogP contribution in [-0.2, 0) is 12.0 Å². The highest BCUT2D eigenvalue weighted by Crippen LogP contribution is 2.36. The van der Waals surface area contributed by atoms with Gasteiger partial charge < -0.3 is 5.11 Å². The fourth-order valence-electron chi connectivity index (χ4n) is 1.67. The largest absolute Gasteiger partial charge is 0.385 e. The Bertz CT molecular complexity index is 322. The molecule has 1 atom stereocenters. The molecule has 1 aliphatic carbocycles. The van der Waals surface area contributed by atoms with E-state index in [1.54, 1.807) is 6.20 Å². The first kappa shape index (κ1) is 8.02. The minimum Gasteiger partial charge on any atom is -0.385 e. The highest BCUT2D eigenvalue weighted by atomic mass is 35.5. The molecular formula is C9H10ClNO. The third-order valence-corrected chi connectivity index (χ3v) is 2.62. The molecule has 1 aliphatic rings. The second-order valence-corrected chi connectivity index (χ2v) is 3.83. The van der Waals surface area contributed by atoms with Gasteiger partial charge in [0.15, 0.2) is 0 Å². The summed E-state index contributed by atoms with van der Waals surface area (Å²) in [5.74, 6) is 0. The molecule has 0 aromatic carbocycles. The summed E-state index contributed by atoms with van der Waals surface area (Å²) in [5.41, 5.74) is 1.35. The van der Waals surface area contributed by atoms with Gasteiger partial charge in [0.25, 0.3) is 0 Å². The van der Waals surface area contributed by atoms with Crippen molar-refractivity contribution in [3.8, 4) is 0 Å². The molecule has 1 unspecified atom stereocenters. The van der Waals surface area contributed by atoms with Gasteiger partial charge in [-0.1, -0.05) is 11.6 Å². The Morgan fingerprint density at radius 2 is 2.42 bits per heavy atom. The van der Waals surface area contributed by atoms with Crippen molar-refractivity contribution >= 4 is 11.6 Å².